The lowest BCUT2D eigenvalue weighted by Crippen LogP contribution is -2.46. The monoisotopic (exact) mass is 223 g/mol. The Morgan fingerprint density at radius 2 is 2.44 bits per heavy atom. The molecule has 1 aliphatic rings. The Balaban J connectivity index is 2.16. The molecule has 0 aromatic carbocycles. The average Bonchev–Trinajstić information content (AvgIpc) is 2.30. The summed E-state index contributed by atoms with van der Waals surface area (Å²) in [5.74, 6) is 0.925. The molecule has 0 saturated carbocycles. The second-order valence-corrected chi connectivity index (χ2v) is 3.95. The van der Waals surface area contributed by atoms with Crippen LogP contribution in [0.5, 0.6) is 0 Å². The zero-order valence-electron chi connectivity index (χ0n) is 9.46. The van der Waals surface area contributed by atoms with Crippen LogP contribution in [0, 0.1) is 6.92 Å². The highest BCUT2D eigenvalue weighted by molar-refractivity contribution is 5.40. The number of ether oxygens (including phenoxy) is 1. The van der Waals surface area contributed by atoms with Gasteiger partial charge in [0.2, 0.25) is 0 Å². The summed E-state index contributed by atoms with van der Waals surface area (Å²) in [6, 6.07) is 2.18. The van der Waals surface area contributed by atoms with E-state index < -0.39 is 0 Å². The van der Waals surface area contributed by atoms with Gasteiger partial charge in [0.1, 0.15) is 12.1 Å². The molecule has 1 aliphatic heterocycles. The minimum atomic E-state index is 0.175. The van der Waals surface area contributed by atoms with E-state index in [-0.39, 0.29) is 12.6 Å². The molecule has 1 fully saturated rings. The van der Waals surface area contributed by atoms with E-state index >= 15 is 0 Å². The van der Waals surface area contributed by atoms with Crippen LogP contribution >= 0.6 is 0 Å². The Labute approximate surface area is 95.1 Å². The summed E-state index contributed by atoms with van der Waals surface area (Å²) in [6.45, 7) is 4.32. The van der Waals surface area contributed by atoms with Crippen molar-refractivity contribution < 1.29 is 9.84 Å². The standard InChI is InChI=1S/C11H17N3O2/c1-9-6-11(13-8-12-9)14-3-5-16-7-10(14)2-4-15/h6,8,10,15H,2-5,7H2,1H3/t10-/m1/s1. The van der Waals surface area contributed by atoms with Gasteiger partial charge in [-0.15, -0.1) is 0 Å². The third-order valence-electron chi connectivity index (χ3n) is 2.77. The molecule has 0 aliphatic carbocycles. The first-order valence-corrected chi connectivity index (χ1v) is 5.55. The molecule has 0 unspecified atom stereocenters. The van der Waals surface area contributed by atoms with Crippen molar-refractivity contribution in [2.75, 3.05) is 31.3 Å². The van der Waals surface area contributed by atoms with Crippen LogP contribution in [-0.2, 0) is 4.74 Å². The van der Waals surface area contributed by atoms with Crippen molar-refractivity contribution in [1.29, 1.82) is 0 Å². The van der Waals surface area contributed by atoms with Crippen molar-refractivity contribution in [3.05, 3.63) is 18.1 Å². The summed E-state index contributed by atoms with van der Waals surface area (Å²) in [4.78, 5) is 10.5. The summed E-state index contributed by atoms with van der Waals surface area (Å²) < 4.78 is 5.42. The van der Waals surface area contributed by atoms with Gasteiger partial charge in [0.15, 0.2) is 0 Å². The molecule has 16 heavy (non-hydrogen) atoms. The van der Waals surface area contributed by atoms with E-state index in [0.29, 0.717) is 19.6 Å². The predicted octanol–water partition coefficient (Wildman–Crippen LogP) is 0.373. The van der Waals surface area contributed by atoms with Crippen molar-refractivity contribution in [3.8, 4) is 0 Å². The Morgan fingerprint density at radius 1 is 1.56 bits per heavy atom. The first-order valence-electron chi connectivity index (χ1n) is 5.55. The Morgan fingerprint density at radius 3 is 3.19 bits per heavy atom. The zero-order chi connectivity index (χ0) is 11.4. The van der Waals surface area contributed by atoms with Crippen LogP contribution in [0.15, 0.2) is 12.4 Å². The predicted molar refractivity (Wildman–Crippen MR) is 60.4 cm³/mol. The van der Waals surface area contributed by atoms with Crippen LogP contribution in [0.2, 0.25) is 0 Å². The highest BCUT2D eigenvalue weighted by Gasteiger charge is 2.23. The second kappa shape index (κ2) is 5.23. The first-order chi connectivity index (χ1) is 7.81. The molecule has 88 valence electrons. The van der Waals surface area contributed by atoms with Crippen LogP contribution in [0.4, 0.5) is 5.82 Å². The van der Waals surface area contributed by atoms with Crippen molar-refractivity contribution in [2.24, 2.45) is 0 Å². The molecule has 2 heterocycles. The highest BCUT2D eigenvalue weighted by Crippen LogP contribution is 2.18. The Kier molecular flexibility index (Phi) is 3.69. The van der Waals surface area contributed by atoms with Crippen LogP contribution in [0.3, 0.4) is 0 Å². The third-order valence-corrected chi connectivity index (χ3v) is 2.77. The number of aliphatic hydroxyl groups is 1. The molecule has 0 radical (unpaired) electrons. The van der Waals surface area contributed by atoms with Crippen LogP contribution in [-0.4, -0.2) is 47.5 Å². The summed E-state index contributed by atoms with van der Waals surface area (Å²) >= 11 is 0. The van der Waals surface area contributed by atoms with Gasteiger partial charge in [-0.25, -0.2) is 9.97 Å². The number of aryl methyl sites for hydroxylation is 1. The minimum absolute atomic E-state index is 0.175. The minimum Gasteiger partial charge on any atom is -0.396 e. The lowest BCUT2D eigenvalue weighted by Gasteiger charge is -2.36. The number of hydrogen-bond donors (Lipinski definition) is 1. The maximum atomic E-state index is 9.02. The normalized spacial score (nSPS) is 21.1. The maximum absolute atomic E-state index is 9.02. The fourth-order valence-electron chi connectivity index (χ4n) is 1.94. The molecule has 1 atom stereocenters. The molecule has 5 heteroatoms. The van der Waals surface area contributed by atoms with Gasteiger partial charge in [0.05, 0.1) is 19.3 Å². The zero-order valence-corrected chi connectivity index (χ0v) is 9.46. The lowest BCUT2D eigenvalue weighted by molar-refractivity contribution is 0.0845. The van der Waals surface area contributed by atoms with E-state index in [1.54, 1.807) is 6.33 Å². The SMILES string of the molecule is Cc1cc(N2CCOC[C@H]2CCO)ncn1. The maximum Gasteiger partial charge on any atom is 0.132 e. The van der Waals surface area contributed by atoms with Gasteiger partial charge in [0, 0.05) is 24.9 Å². The number of aromatic nitrogens is 2. The topological polar surface area (TPSA) is 58.5 Å². The molecule has 5 nitrogen and oxygen atoms in total. The van der Waals surface area contributed by atoms with Crippen LogP contribution in [0.1, 0.15) is 12.1 Å². The first kappa shape index (κ1) is 11.3. The van der Waals surface area contributed by atoms with E-state index in [1.165, 1.54) is 0 Å². The molecule has 0 amide bonds. The number of morpholine rings is 1. The van der Waals surface area contributed by atoms with Gasteiger partial charge in [-0.05, 0) is 13.3 Å². The van der Waals surface area contributed by atoms with Crippen molar-refractivity contribution in [2.45, 2.75) is 19.4 Å². The van der Waals surface area contributed by atoms with Gasteiger partial charge in [0.25, 0.3) is 0 Å². The Hall–Kier alpha value is -1.20. The lowest BCUT2D eigenvalue weighted by atomic mass is 10.1. The molecular weight excluding hydrogens is 206 g/mol. The summed E-state index contributed by atoms with van der Waals surface area (Å²) in [7, 11) is 0. The number of nitrogens with zero attached hydrogens (tertiary/aromatic N) is 3. The van der Waals surface area contributed by atoms with Crippen molar-refractivity contribution in [1.82, 2.24) is 9.97 Å². The smallest absolute Gasteiger partial charge is 0.132 e. The fourth-order valence-corrected chi connectivity index (χ4v) is 1.94. The molecule has 1 N–H and O–H groups in total. The third kappa shape index (κ3) is 2.48. The molecule has 0 bridgehead atoms. The van der Waals surface area contributed by atoms with E-state index in [0.717, 1.165) is 18.1 Å². The highest BCUT2D eigenvalue weighted by atomic mass is 16.5. The molecule has 0 spiro atoms. The summed E-state index contributed by atoms with van der Waals surface area (Å²) in [5, 5.41) is 9.02. The number of rotatable bonds is 3. The summed E-state index contributed by atoms with van der Waals surface area (Å²) in [5.41, 5.74) is 0.958. The molecule has 2 rings (SSSR count). The van der Waals surface area contributed by atoms with E-state index in [4.69, 9.17) is 9.84 Å². The van der Waals surface area contributed by atoms with Crippen molar-refractivity contribution in [3.63, 3.8) is 0 Å². The van der Waals surface area contributed by atoms with Gasteiger partial charge < -0.3 is 14.7 Å². The van der Waals surface area contributed by atoms with E-state index in [9.17, 15) is 0 Å². The van der Waals surface area contributed by atoms with Gasteiger partial charge in [-0.3, -0.25) is 0 Å². The Bertz CT molecular complexity index is 344. The number of aliphatic hydroxyl groups excluding tert-OH is 1. The van der Waals surface area contributed by atoms with Gasteiger partial charge in [-0.1, -0.05) is 0 Å². The average molecular weight is 223 g/mol. The number of hydrogen-bond acceptors (Lipinski definition) is 5. The van der Waals surface area contributed by atoms with Gasteiger partial charge >= 0.3 is 0 Å². The molecule has 1 saturated heterocycles. The fraction of sp³-hybridized carbons (Fsp3) is 0.636. The van der Waals surface area contributed by atoms with Crippen molar-refractivity contribution >= 4 is 5.82 Å². The molecule has 1 aromatic rings. The van der Waals surface area contributed by atoms with E-state index in [1.807, 2.05) is 13.0 Å². The van der Waals surface area contributed by atoms with Gasteiger partial charge in [-0.2, -0.15) is 0 Å². The largest absolute Gasteiger partial charge is 0.396 e. The summed E-state index contributed by atoms with van der Waals surface area (Å²) in [6.07, 6.45) is 2.29. The van der Waals surface area contributed by atoms with Crippen LogP contribution < -0.4 is 4.90 Å². The van der Waals surface area contributed by atoms with Crippen LogP contribution in [0.25, 0.3) is 0 Å². The second-order valence-electron chi connectivity index (χ2n) is 3.95. The number of anilines is 1. The quantitative estimate of drug-likeness (QED) is 0.802. The molecule has 1 aromatic heterocycles. The van der Waals surface area contributed by atoms with E-state index in [2.05, 4.69) is 14.9 Å². The molecular formula is C11H17N3O2.